The van der Waals surface area contributed by atoms with Crippen LogP contribution in [0.3, 0.4) is 0 Å². The molecule has 0 unspecified atom stereocenters. The van der Waals surface area contributed by atoms with Gasteiger partial charge in [-0.2, -0.15) is 5.26 Å². The minimum Gasteiger partial charge on any atom is -0.445 e. The molecular weight excluding hydrogens is 335 g/mol. The molecule has 2 aromatic carbocycles. The topological polar surface area (TPSA) is 84.3 Å². The van der Waals surface area contributed by atoms with Crippen molar-refractivity contribution in [2.24, 2.45) is 5.73 Å². The summed E-state index contributed by atoms with van der Waals surface area (Å²) >= 11 is 0. The summed E-state index contributed by atoms with van der Waals surface area (Å²) in [5.74, 6) is -0.363. The van der Waals surface area contributed by atoms with Crippen LogP contribution in [0.2, 0.25) is 0 Å². The Morgan fingerprint density at radius 1 is 1.27 bits per heavy atom. The molecule has 26 heavy (non-hydrogen) atoms. The van der Waals surface area contributed by atoms with E-state index in [1.54, 1.807) is 6.07 Å². The highest BCUT2D eigenvalue weighted by Crippen LogP contribution is 2.38. The minimum absolute atomic E-state index is 0.363. The molecule has 0 spiro atoms. The summed E-state index contributed by atoms with van der Waals surface area (Å²) in [7, 11) is 0. The summed E-state index contributed by atoms with van der Waals surface area (Å²) in [4.78, 5) is 13.0. The van der Waals surface area contributed by atoms with Crippen LogP contribution in [-0.2, 0) is 4.74 Å². The molecule has 0 radical (unpaired) electrons. The maximum Gasteiger partial charge on any atom is 0.404 e. The predicted octanol–water partition coefficient (Wildman–Crippen LogP) is 3.33. The molecule has 132 valence electrons. The summed E-state index contributed by atoms with van der Waals surface area (Å²) < 4.78 is 21.5. The van der Waals surface area contributed by atoms with Crippen molar-refractivity contribution in [3.05, 3.63) is 42.2 Å². The largest absolute Gasteiger partial charge is 0.445 e. The van der Waals surface area contributed by atoms with Gasteiger partial charge in [-0.05, 0) is 31.0 Å². The molecule has 1 saturated heterocycles. The lowest BCUT2D eigenvalue weighted by molar-refractivity contribution is 0.0965. The normalized spacial score (nSPS) is 17.4. The zero-order valence-corrected chi connectivity index (χ0v) is 14.0. The van der Waals surface area contributed by atoms with E-state index in [9.17, 15) is 14.4 Å². The molecule has 0 saturated carbocycles. The summed E-state index contributed by atoms with van der Waals surface area (Å²) in [6.07, 6.45) is 2.42. The zero-order chi connectivity index (χ0) is 18.3. The van der Waals surface area contributed by atoms with Gasteiger partial charge in [-0.3, -0.25) is 0 Å². The number of hydrogen-bond acceptors (Lipinski definition) is 4. The van der Waals surface area contributed by atoms with Crippen LogP contribution in [-0.4, -0.2) is 29.9 Å². The molecule has 1 amide bonds. The van der Waals surface area contributed by atoms with Crippen LogP contribution in [0.15, 0.2) is 36.4 Å². The number of halogens is 1. The zero-order valence-electron chi connectivity index (χ0n) is 14.0. The van der Waals surface area contributed by atoms with E-state index in [0.717, 1.165) is 17.3 Å². The molecule has 7 heteroatoms. The number of rotatable bonds is 2. The van der Waals surface area contributed by atoms with E-state index in [4.69, 9.17) is 10.5 Å². The lowest BCUT2D eigenvalue weighted by atomic mass is 10.0. The number of benzene rings is 2. The van der Waals surface area contributed by atoms with E-state index in [-0.39, 0.29) is 11.9 Å². The lowest BCUT2D eigenvalue weighted by Gasteiger charge is -2.34. The number of primary amides is 1. The first-order valence-corrected chi connectivity index (χ1v) is 8.43. The number of piperidine rings is 1. The average molecular weight is 352 g/mol. The molecule has 1 fully saturated rings. The van der Waals surface area contributed by atoms with E-state index in [0.29, 0.717) is 36.1 Å². The van der Waals surface area contributed by atoms with Gasteiger partial charge in [-0.1, -0.05) is 18.2 Å². The highest BCUT2D eigenvalue weighted by Gasteiger charge is 2.27. The van der Waals surface area contributed by atoms with Gasteiger partial charge in [0, 0.05) is 17.3 Å². The number of hydrogen-bond donors (Lipinski definition) is 1. The number of aromatic nitrogens is 1. The molecule has 6 nitrogen and oxygen atoms in total. The Kier molecular flexibility index (Phi) is 3.88. The monoisotopic (exact) mass is 352 g/mol. The van der Waals surface area contributed by atoms with Crippen molar-refractivity contribution < 1.29 is 13.9 Å². The van der Waals surface area contributed by atoms with Crippen molar-refractivity contribution in [3.63, 3.8) is 0 Å². The minimum atomic E-state index is -0.823. The number of nitrogens with two attached hydrogens (primary N) is 1. The number of carbonyl (C=O) groups is 1. The van der Waals surface area contributed by atoms with Crippen molar-refractivity contribution in [1.29, 1.82) is 5.26 Å². The molecular formula is C19H17FN4O2. The standard InChI is InChI=1S/C19H17FN4O2/c20-14-7-8-16-17(13-5-1-2-6-15(13)24(16)11-21)18(14)23-9-3-4-12(10-23)26-19(22)25/h1-2,5-8,12H,3-4,9-10H2,(H2,22,25)/t12-/m1/s1. The van der Waals surface area contributed by atoms with Crippen LogP contribution >= 0.6 is 0 Å². The number of nitrogens with zero attached hydrogens (tertiary/aromatic N) is 3. The summed E-state index contributed by atoms with van der Waals surface area (Å²) in [5.41, 5.74) is 6.96. The Balaban J connectivity index is 1.91. The summed E-state index contributed by atoms with van der Waals surface area (Å²) in [6, 6.07) is 10.4. The first-order valence-electron chi connectivity index (χ1n) is 8.43. The molecule has 3 aromatic rings. The highest BCUT2D eigenvalue weighted by atomic mass is 19.1. The SMILES string of the molecule is N#Cn1c2ccccc2c2c(N3CCC[C@@H](OC(N)=O)C3)c(F)ccc21. The van der Waals surface area contributed by atoms with Gasteiger partial charge >= 0.3 is 6.09 Å². The molecule has 1 aromatic heterocycles. The molecule has 4 rings (SSSR count). The number of carbonyl (C=O) groups excluding carboxylic acids is 1. The second-order valence-corrected chi connectivity index (χ2v) is 6.39. The maximum atomic E-state index is 14.9. The number of nitriles is 1. The second-order valence-electron chi connectivity index (χ2n) is 6.39. The van der Waals surface area contributed by atoms with Crippen LogP contribution in [0.5, 0.6) is 0 Å². The number of amides is 1. The van der Waals surface area contributed by atoms with Crippen molar-refractivity contribution in [2.45, 2.75) is 18.9 Å². The first kappa shape index (κ1) is 16.2. The summed E-state index contributed by atoms with van der Waals surface area (Å²) in [5, 5.41) is 11.1. The Labute approximate surface area is 149 Å². The van der Waals surface area contributed by atoms with Gasteiger partial charge in [-0.15, -0.1) is 0 Å². The second kappa shape index (κ2) is 6.23. The van der Waals surface area contributed by atoms with E-state index >= 15 is 0 Å². The Morgan fingerprint density at radius 2 is 2.08 bits per heavy atom. The number of ether oxygens (including phenoxy) is 1. The van der Waals surface area contributed by atoms with Gasteiger partial charge < -0.3 is 15.4 Å². The van der Waals surface area contributed by atoms with E-state index < -0.39 is 6.09 Å². The van der Waals surface area contributed by atoms with Gasteiger partial charge in [0.1, 0.15) is 11.9 Å². The highest BCUT2D eigenvalue weighted by molar-refractivity contribution is 6.14. The predicted molar refractivity (Wildman–Crippen MR) is 96.3 cm³/mol. The molecule has 0 bridgehead atoms. The fourth-order valence-electron chi connectivity index (χ4n) is 3.84. The molecule has 1 aliphatic rings. The third kappa shape index (κ3) is 2.51. The molecule has 1 atom stereocenters. The molecule has 0 aliphatic carbocycles. The van der Waals surface area contributed by atoms with Gasteiger partial charge in [0.25, 0.3) is 0 Å². The lowest BCUT2D eigenvalue weighted by Crippen LogP contribution is -2.41. The maximum absolute atomic E-state index is 14.9. The van der Waals surface area contributed by atoms with Gasteiger partial charge in [0.15, 0.2) is 6.19 Å². The van der Waals surface area contributed by atoms with Gasteiger partial charge in [0.2, 0.25) is 0 Å². The first-order chi connectivity index (χ1) is 12.6. The molecule has 2 heterocycles. The molecule has 1 aliphatic heterocycles. The van der Waals surface area contributed by atoms with Crippen LogP contribution in [0, 0.1) is 17.3 Å². The van der Waals surface area contributed by atoms with E-state index in [1.807, 2.05) is 29.2 Å². The summed E-state index contributed by atoms with van der Waals surface area (Å²) in [6.45, 7) is 1.01. The Bertz CT molecular complexity index is 1050. The van der Waals surface area contributed by atoms with Crippen LogP contribution < -0.4 is 10.6 Å². The fourth-order valence-corrected chi connectivity index (χ4v) is 3.84. The van der Waals surface area contributed by atoms with Gasteiger partial charge in [0.05, 0.1) is 23.3 Å². The van der Waals surface area contributed by atoms with Crippen molar-refractivity contribution in [2.75, 3.05) is 18.0 Å². The third-order valence-corrected chi connectivity index (χ3v) is 4.84. The smallest absolute Gasteiger partial charge is 0.404 e. The Morgan fingerprint density at radius 3 is 2.85 bits per heavy atom. The van der Waals surface area contributed by atoms with Crippen molar-refractivity contribution >= 4 is 33.6 Å². The van der Waals surface area contributed by atoms with Crippen LogP contribution in [0.4, 0.5) is 14.9 Å². The van der Waals surface area contributed by atoms with Gasteiger partial charge in [-0.25, -0.2) is 13.8 Å². The number of anilines is 1. The van der Waals surface area contributed by atoms with Crippen molar-refractivity contribution in [1.82, 2.24) is 4.57 Å². The number of fused-ring (bicyclic) bond motifs is 3. The van der Waals surface area contributed by atoms with Crippen LogP contribution in [0.25, 0.3) is 21.8 Å². The van der Waals surface area contributed by atoms with Crippen molar-refractivity contribution in [3.8, 4) is 6.19 Å². The average Bonchev–Trinajstić information content (AvgIpc) is 2.95. The quantitative estimate of drug-likeness (QED) is 0.767. The fraction of sp³-hybridized carbons (Fsp3) is 0.263. The van der Waals surface area contributed by atoms with E-state index in [1.165, 1.54) is 10.6 Å². The third-order valence-electron chi connectivity index (χ3n) is 4.84. The number of para-hydroxylation sites is 1. The van der Waals surface area contributed by atoms with Crippen LogP contribution in [0.1, 0.15) is 12.8 Å². The van der Waals surface area contributed by atoms with E-state index in [2.05, 4.69) is 6.19 Å². The Hall–Kier alpha value is -3.27. The molecule has 2 N–H and O–H groups in total.